The molecule has 0 radical (unpaired) electrons. The van der Waals surface area contributed by atoms with Crippen LogP contribution in [0.1, 0.15) is 38.1 Å². The summed E-state index contributed by atoms with van der Waals surface area (Å²) in [6.45, 7) is 7.89. The minimum absolute atomic E-state index is 0.0308. The molecular formula is C22H36N4O6S. The van der Waals surface area contributed by atoms with Gasteiger partial charge in [-0.2, -0.15) is 4.31 Å². The minimum atomic E-state index is -3.51. The number of ether oxygens (including phenoxy) is 2. The lowest BCUT2D eigenvalue weighted by atomic mass is 10.0. The molecule has 1 aliphatic rings. The molecule has 2 rings (SSSR count). The number of sulfonamides is 1. The molecule has 0 unspecified atom stereocenters. The number of nitrogens with one attached hydrogen (secondary N) is 2. The van der Waals surface area contributed by atoms with E-state index in [1.165, 1.54) is 15.5 Å². The van der Waals surface area contributed by atoms with Crippen molar-refractivity contribution in [2.45, 2.75) is 45.9 Å². The van der Waals surface area contributed by atoms with Gasteiger partial charge in [0.05, 0.1) is 24.0 Å². The largest absolute Gasteiger partial charge is 0.491 e. The summed E-state index contributed by atoms with van der Waals surface area (Å²) >= 11 is 0. The van der Waals surface area contributed by atoms with Gasteiger partial charge < -0.3 is 25.0 Å². The Balaban J connectivity index is 2.45. The second-order valence-corrected chi connectivity index (χ2v) is 10.8. The number of likely N-dealkylation sites (N-methyl/N-ethyl adjacent to an activating group) is 1. The van der Waals surface area contributed by atoms with Crippen LogP contribution in [0.2, 0.25) is 0 Å². The lowest BCUT2D eigenvalue weighted by Gasteiger charge is -2.34. The molecule has 0 saturated carbocycles. The summed E-state index contributed by atoms with van der Waals surface area (Å²) in [5, 5.41) is 5.46. The fourth-order valence-electron chi connectivity index (χ4n) is 3.71. The van der Waals surface area contributed by atoms with Gasteiger partial charge in [0.1, 0.15) is 12.4 Å². The summed E-state index contributed by atoms with van der Waals surface area (Å²) < 4.78 is 37.9. The van der Waals surface area contributed by atoms with E-state index in [-0.39, 0.29) is 55.4 Å². The normalized spacial score (nSPS) is 23.2. The molecule has 3 amide bonds. The first-order valence-electron chi connectivity index (χ1n) is 10.9. The van der Waals surface area contributed by atoms with Crippen molar-refractivity contribution in [2.24, 2.45) is 5.92 Å². The lowest BCUT2D eigenvalue weighted by molar-refractivity contribution is 0.0213. The molecular weight excluding hydrogens is 448 g/mol. The fourth-order valence-corrected chi connectivity index (χ4v) is 4.93. The molecule has 33 heavy (non-hydrogen) atoms. The van der Waals surface area contributed by atoms with E-state index in [0.717, 1.165) is 0 Å². The second kappa shape index (κ2) is 11.2. The van der Waals surface area contributed by atoms with Gasteiger partial charge in [0, 0.05) is 45.0 Å². The lowest BCUT2D eigenvalue weighted by Crippen LogP contribution is -2.48. The van der Waals surface area contributed by atoms with E-state index >= 15 is 0 Å². The molecule has 0 aliphatic carbocycles. The predicted molar refractivity (Wildman–Crippen MR) is 127 cm³/mol. The van der Waals surface area contributed by atoms with Crippen LogP contribution in [0.5, 0.6) is 5.75 Å². The van der Waals surface area contributed by atoms with E-state index < -0.39 is 16.1 Å². The summed E-state index contributed by atoms with van der Waals surface area (Å²) in [4.78, 5) is 26.8. The third-order valence-electron chi connectivity index (χ3n) is 5.49. The van der Waals surface area contributed by atoms with Crippen molar-refractivity contribution in [1.29, 1.82) is 0 Å². The highest BCUT2D eigenvalue weighted by molar-refractivity contribution is 7.88. The zero-order valence-electron chi connectivity index (χ0n) is 20.4. The molecule has 1 aliphatic heterocycles. The van der Waals surface area contributed by atoms with Gasteiger partial charge in [-0.15, -0.1) is 0 Å². The Hall–Kier alpha value is -2.37. The number of anilines is 1. The van der Waals surface area contributed by atoms with Crippen LogP contribution in [-0.2, 0) is 14.8 Å². The number of methoxy groups -OCH3 is 1. The first-order valence-corrected chi connectivity index (χ1v) is 12.8. The average Bonchev–Trinajstić information content (AvgIpc) is 2.71. The average molecular weight is 485 g/mol. The van der Waals surface area contributed by atoms with Crippen molar-refractivity contribution in [3.8, 4) is 5.75 Å². The van der Waals surface area contributed by atoms with Crippen molar-refractivity contribution in [1.82, 2.24) is 14.5 Å². The molecule has 1 aromatic rings. The summed E-state index contributed by atoms with van der Waals surface area (Å²) in [5.41, 5.74) is 0.763. The topological polar surface area (TPSA) is 117 Å². The van der Waals surface area contributed by atoms with E-state index in [1.807, 2.05) is 20.8 Å². The van der Waals surface area contributed by atoms with Crippen molar-refractivity contribution in [3.05, 3.63) is 23.8 Å². The summed E-state index contributed by atoms with van der Waals surface area (Å²) in [6, 6.07) is 3.88. The fraction of sp³-hybridized carbons (Fsp3) is 0.636. The Morgan fingerprint density at radius 3 is 2.48 bits per heavy atom. The van der Waals surface area contributed by atoms with E-state index in [1.54, 1.807) is 39.3 Å². The molecule has 0 fully saturated rings. The second-order valence-electron chi connectivity index (χ2n) is 8.89. The minimum Gasteiger partial charge on any atom is -0.491 e. The number of nitrogens with zero attached hydrogens (tertiary/aromatic N) is 2. The highest BCUT2D eigenvalue weighted by atomic mass is 32.2. The molecule has 186 valence electrons. The number of fused-ring (bicyclic) bond motifs is 1. The zero-order chi connectivity index (χ0) is 24.9. The molecule has 11 heteroatoms. The van der Waals surface area contributed by atoms with Crippen molar-refractivity contribution >= 4 is 27.6 Å². The molecule has 1 aromatic carbocycles. The standard InChI is InChI=1S/C22H36N4O6S/c1-14(2)23-22(28)24-17-8-9-18-19(10-17)32-13-16(4)26(33(7,29)30)11-15(3)20(31-6)12-25(5)21(18)27/h8-10,14-16,20H,11-13H2,1-7H3,(H2,23,24,28)/t15-,16-,20-/m0/s1. The van der Waals surface area contributed by atoms with Crippen LogP contribution in [0.25, 0.3) is 0 Å². The number of carbonyl (C=O) groups excluding carboxylic acids is 2. The van der Waals surface area contributed by atoms with Gasteiger partial charge >= 0.3 is 6.03 Å². The molecule has 3 atom stereocenters. The van der Waals surface area contributed by atoms with E-state index in [0.29, 0.717) is 11.3 Å². The van der Waals surface area contributed by atoms with Gasteiger partial charge in [-0.3, -0.25) is 4.79 Å². The highest BCUT2D eigenvalue weighted by Gasteiger charge is 2.31. The molecule has 10 nitrogen and oxygen atoms in total. The summed E-state index contributed by atoms with van der Waals surface area (Å²) in [5.74, 6) is -0.157. The molecule has 0 aromatic heterocycles. The number of hydrogen-bond donors (Lipinski definition) is 2. The number of urea groups is 1. The van der Waals surface area contributed by atoms with Crippen molar-refractivity contribution in [3.63, 3.8) is 0 Å². The van der Waals surface area contributed by atoms with Gasteiger partial charge in [-0.1, -0.05) is 6.92 Å². The number of amides is 3. The first-order chi connectivity index (χ1) is 15.3. The number of carbonyl (C=O) groups is 2. The highest BCUT2D eigenvalue weighted by Crippen LogP contribution is 2.27. The smallest absolute Gasteiger partial charge is 0.319 e. The number of benzene rings is 1. The zero-order valence-corrected chi connectivity index (χ0v) is 21.2. The van der Waals surface area contributed by atoms with E-state index in [9.17, 15) is 18.0 Å². The summed E-state index contributed by atoms with van der Waals surface area (Å²) in [7, 11) is -0.299. The molecule has 0 spiro atoms. The third kappa shape index (κ3) is 7.31. The van der Waals surface area contributed by atoms with Crippen LogP contribution >= 0.6 is 0 Å². The van der Waals surface area contributed by atoms with Crippen LogP contribution in [-0.4, -0.2) is 87.9 Å². The SMILES string of the molecule is CO[C@H]1CN(C)C(=O)c2ccc(NC(=O)NC(C)C)cc2OC[C@H](C)N(S(C)(=O)=O)C[C@@H]1C. The van der Waals surface area contributed by atoms with Crippen LogP contribution in [0.15, 0.2) is 18.2 Å². The van der Waals surface area contributed by atoms with Crippen LogP contribution in [0, 0.1) is 5.92 Å². The first kappa shape index (κ1) is 26.9. The van der Waals surface area contributed by atoms with Crippen molar-refractivity contribution < 1.29 is 27.5 Å². The Morgan fingerprint density at radius 1 is 1.24 bits per heavy atom. The molecule has 2 N–H and O–H groups in total. The summed E-state index contributed by atoms with van der Waals surface area (Å²) in [6.07, 6.45) is 0.808. The molecule has 0 saturated heterocycles. The Morgan fingerprint density at radius 2 is 1.91 bits per heavy atom. The van der Waals surface area contributed by atoms with E-state index in [4.69, 9.17) is 9.47 Å². The Bertz CT molecular complexity index is 952. The number of hydrogen-bond acceptors (Lipinski definition) is 6. The quantitative estimate of drug-likeness (QED) is 0.675. The maximum Gasteiger partial charge on any atom is 0.319 e. The van der Waals surface area contributed by atoms with Gasteiger partial charge in [-0.25, -0.2) is 13.2 Å². The maximum atomic E-state index is 13.2. The molecule has 0 bridgehead atoms. The monoisotopic (exact) mass is 484 g/mol. The van der Waals surface area contributed by atoms with Gasteiger partial charge in [-0.05, 0) is 38.8 Å². The van der Waals surface area contributed by atoms with Crippen LogP contribution < -0.4 is 15.4 Å². The van der Waals surface area contributed by atoms with Crippen molar-refractivity contribution in [2.75, 3.05) is 45.4 Å². The van der Waals surface area contributed by atoms with E-state index in [2.05, 4.69) is 10.6 Å². The van der Waals surface area contributed by atoms with Gasteiger partial charge in [0.15, 0.2) is 0 Å². The Kier molecular flexibility index (Phi) is 9.10. The third-order valence-corrected chi connectivity index (χ3v) is 6.85. The van der Waals surface area contributed by atoms with Gasteiger partial charge in [0.25, 0.3) is 5.91 Å². The van der Waals surface area contributed by atoms with Gasteiger partial charge in [0.2, 0.25) is 10.0 Å². The number of rotatable bonds is 4. The maximum absolute atomic E-state index is 13.2. The van der Waals surface area contributed by atoms with Crippen LogP contribution in [0.4, 0.5) is 10.5 Å². The Labute approximate surface area is 196 Å². The predicted octanol–water partition coefficient (Wildman–Crippen LogP) is 1.98. The molecule has 1 heterocycles. The van der Waals surface area contributed by atoms with Crippen LogP contribution in [0.3, 0.4) is 0 Å².